The predicted molar refractivity (Wildman–Crippen MR) is 79.0 cm³/mol. The van der Waals surface area contributed by atoms with E-state index in [-0.39, 0.29) is 16.8 Å². The zero-order valence-electron chi connectivity index (χ0n) is 11.6. The number of nitrogens with zero attached hydrogens (tertiary/aromatic N) is 2. The minimum absolute atomic E-state index is 0.102. The summed E-state index contributed by atoms with van der Waals surface area (Å²) >= 11 is 5.80. The number of morpholine rings is 1. The minimum Gasteiger partial charge on any atom is -0.476 e. The van der Waals surface area contributed by atoms with Crippen molar-refractivity contribution >= 4 is 23.4 Å². The van der Waals surface area contributed by atoms with E-state index in [1.807, 2.05) is 0 Å². The lowest BCUT2D eigenvalue weighted by molar-refractivity contribution is -0.0416. The zero-order chi connectivity index (χ0) is 14.8. The first kappa shape index (κ1) is 14.6. The number of aromatic nitrogens is 1. The van der Waals surface area contributed by atoms with E-state index < -0.39 is 5.97 Å². The van der Waals surface area contributed by atoms with Crippen LogP contribution in [-0.4, -0.2) is 59.3 Å². The van der Waals surface area contributed by atoms with Crippen molar-refractivity contribution in [1.82, 2.24) is 9.88 Å². The van der Waals surface area contributed by atoms with Crippen molar-refractivity contribution in [3.05, 3.63) is 22.8 Å². The molecule has 3 rings (SSSR count). The van der Waals surface area contributed by atoms with Crippen molar-refractivity contribution in [2.24, 2.45) is 0 Å². The standard InChI is InChI=1S/C14H18ClN3O3/c15-11-3-4-12(17-13(11)14(19)20)16-6-10-7-18-5-1-2-9(18)8-21-10/h3-4,9-10H,1-2,5-8H2,(H,16,17)(H,19,20). The van der Waals surface area contributed by atoms with Crippen molar-refractivity contribution in [1.29, 1.82) is 0 Å². The lowest BCUT2D eigenvalue weighted by atomic mass is 10.2. The first-order chi connectivity index (χ1) is 10.1. The molecule has 2 unspecified atom stereocenters. The molecule has 2 N–H and O–H groups in total. The molecule has 2 aliphatic heterocycles. The zero-order valence-corrected chi connectivity index (χ0v) is 12.3. The molecule has 1 aromatic heterocycles. The number of ether oxygens (including phenoxy) is 1. The minimum atomic E-state index is -1.13. The molecule has 2 saturated heterocycles. The number of nitrogens with one attached hydrogen (secondary N) is 1. The summed E-state index contributed by atoms with van der Waals surface area (Å²) in [5.74, 6) is -0.624. The van der Waals surface area contributed by atoms with E-state index in [1.54, 1.807) is 12.1 Å². The summed E-state index contributed by atoms with van der Waals surface area (Å²) in [6.07, 6.45) is 2.57. The quantitative estimate of drug-likeness (QED) is 0.882. The van der Waals surface area contributed by atoms with E-state index in [0.717, 1.165) is 19.7 Å². The van der Waals surface area contributed by atoms with E-state index in [2.05, 4.69) is 15.2 Å². The summed E-state index contributed by atoms with van der Waals surface area (Å²) in [4.78, 5) is 17.5. The molecule has 2 fully saturated rings. The Balaban J connectivity index is 1.58. The van der Waals surface area contributed by atoms with Gasteiger partial charge >= 0.3 is 5.97 Å². The summed E-state index contributed by atoms with van der Waals surface area (Å²) in [7, 11) is 0. The number of halogens is 1. The van der Waals surface area contributed by atoms with E-state index >= 15 is 0 Å². The molecule has 0 bridgehead atoms. The van der Waals surface area contributed by atoms with Gasteiger partial charge < -0.3 is 15.2 Å². The lowest BCUT2D eigenvalue weighted by Gasteiger charge is -2.35. The monoisotopic (exact) mass is 311 g/mol. The number of carboxylic acid groups (broad SMARTS) is 1. The number of pyridine rings is 1. The van der Waals surface area contributed by atoms with Gasteiger partial charge in [-0.15, -0.1) is 0 Å². The summed E-state index contributed by atoms with van der Waals surface area (Å²) in [5.41, 5.74) is -0.133. The molecule has 0 aromatic carbocycles. The SMILES string of the molecule is O=C(O)c1nc(NCC2CN3CCCC3CO2)ccc1Cl. The number of aromatic carboxylic acids is 1. The Morgan fingerprint density at radius 2 is 2.43 bits per heavy atom. The topological polar surface area (TPSA) is 74.7 Å². The highest BCUT2D eigenvalue weighted by molar-refractivity contribution is 6.33. The fourth-order valence-corrected chi connectivity index (χ4v) is 3.10. The van der Waals surface area contributed by atoms with Crippen LogP contribution in [0.1, 0.15) is 23.3 Å². The van der Waals surface area contributed by atoms with E-state index in [1.165, 1.54) is 12.8 Å². The maximum Gasteiger partial charge on any atom is 0.356 e. The lowest BCUT2D eigenvalue weighted by Crippen LogP contribution is -2.48. The molecule has 2 aliphatic rings. The molecule has 3 heterocycles. The van der Waals surface area contributed by atoms with E-state index in [0.29, 0.717) is 18.4 Å². The average Bonchev–Trinajstić information content (AvgIpc) is 2.93. The van der Waals surface area contributed by atoms with Crippen LogP contribution >= 0.6 is 11.6 Å². The summed E-state index contributed by atoms with van der Waals surface area (Å²) < 4.78 is 5.84. The number of rotatable bonds is 4. The molecule has 1 aromatic rings. The van der Waals surface area contributed by atoms with Gasteiger partial charge in [-0.1, -0.05) is 11.6 Å². The van der Waals surface area contributed by atoms with Crippen molar-refractivity contribution in [3.63, 3.8) is 0 Å². The van der Waals surface area contributed by atoms with Gasteiger partial charge in [0, 0.05) is 19.1 Å². The molecule has 114 valence electrons. The average molecular weight is 312 g/mol. The molecule has 2 atom stereocenters. The van der Waals surface area contributed by atoms with Crippen LogP contribution in [0.3, 0.4) is 0 Å². The van der Waals surface area contributed by atoms with Crippen LogP contribution in [0, 0.1) is 0 Å². The Kier molecular flexibility index (Phi) is 4.28. The Bertz CT molecular complexity index is 540. The molecule has 6 nitrogen and oxygen atoms in total. The second kappa shape index (κ2) is 6.17. The highest BCUT2D eigenvalue weighted by Crippen LogP contribution is 2.23. The molecular weight excluding hydrogens is 294 g/mol. The van der Waals surface area contributed by atoms with Crippen molar-refractivity contribution < 1.29 is 14.6 Å². The molecule has 0 aliphatic carbocycles. The van der Waals surface area contributed by atoms with Gasteiger partial charge in [0.1, 0.15) is 5.82 Å². The largest absolute Gasteiger partial charge is 0.476 e. The molecule has 0 spiro atoms. The maximum absolute atomic E-state index is 11.0. The Labute approximate surface area is 128 Å². The van der Waals surface area contributed by atoms with Crippen LogP contribution in [0.4, 0.5) is 5.82 Å². The van der Waals surface area contributed by atoms with E-state index in [4.69, 9.17) is 21.4 Å². The molecule has 21 heavy (non-hydrogen) atoms. The number of hydrogen-bond acceptors (Lipinski definition) is 5. The summed E-state index contributed by atoms with van der Waals surface area (Å²) in [5, 5.41) is 12.3. The number of fused-ring (bicyclic) bond motifs is 1. The van der Waals surface area contributed by atoms with Crippen LogP contribution in [0.15, 0.2) is 12.1 Å². The van der Waals surface area contributed by atoms with Crippen LogP contribution in [-0.2, 0) is 4.74 Å². The van der Waals surface area contributed by atoms with Crippen LogP contribution in [0.5, 0.6) is 0 Å². The molecule has 0 amide bonds. The third-order valence-corrected chi connectivity index (χ3v) is 4.33. The van der Waals surface area contributed by atoms with Gasteiger partial charge in [-0.2, -0.15) is 0 Å². The molecule has 7 heteroatoms. The number of anilines is 1. The van der Waals surface area contributed by atoms with Crippen molar-refractivity contribution in [2.45, 2.75) is 25.0 Å². The number of carbonyl (C=O) groups is 1. The predicted octanol–water partition coefficient (Wildman–Crippen LogP) is 1.71. The van der Waals surface area contributed by atoms with Gasteiger partial charge in [0.25, 0.3) is 0 Å². The van der Waals surface area contributed by atoms with Gasteiger partial charge in [0.05, 0.1) is 17.7 Å². The molecular formula is C14H18ClN3O3. The number of carboxylic acids is 1. The highest BCUT2D eigenvalue weighted by atomic mass is 35.5. The molecule has 0 saturated carbocycles. The Hall–Kier alpha value is -1.37. The van der Waals surface area contributed by atoms with E-state index in [9.17, 15) is 4.79 Å². The highest BCUT2D eigenvalue weighted by Gasteiger charge is 2.32. The normalized spacial score (nSPS) is 25.6. The first-order valence-corrected chi connectivity index (χ1v) is 7.50. The fourth-order valence-electron chi connectivity index (χ4n) is 2.92. The van der Waals surface area contributed by atoms with Crippen molar-refractivity contribution in [3.8, 4) is 0 Å². The van der Waals surface area contributed by atoms with Gasteiger partial charge in [-0.05, 0) is 31.5 Å². The van der Waals surface area contributed by atoms with Gasteiger partial charge in [0.2, 0.25) is 0 Å². The summed E-state index contributed by atoms with van der Waals surface area (Å²) in [6, 6.07) is 3.79. The number of hydrogen-bond donors (Lipinski definition) is 2. The van der Waals surface area contributed by atoms with Crippen molar-refractivity contribution in [2.75, 3.05) is 31.6 Å². The maximum atomic E-state index is 11.0. The summed E-state index contributed by atoms with van der Waals surface area (Å²) in [6.45, 7) is 3.45. The van der Waals surface area contributed by atoms with Gasteiger partial charge in [-0.25, -0.2) is 9.78 Å². The van der Waals surface area contributed by atoms with Gasteiger partial charge in [0.15, 0.2) is 5.69 Å². The Morgan fingerprint density at radius 1 is 1.57 bits per heavy atom. The second-order valence-electron chi connectivity index (χ2n) is 5.46. The Morgan fingerprint density at radius 3 is 3.24 bits per heavy atom. The third-order valence-electron chi connectivity index (χ3n) is 4.02. The van der Waals surface area contributed by atoms with Crippen LogP contribution in [0.2, 0.25) is 5.02 Å². The first-order valence-electron chi connectivity index (χ1n) is 7.13. The third kappa shape index (κ3) is 3.28. The second-order valence-corrected chi connectivity index (χ2v) is 5.87. The smallest absolute Gasteiger partial charge is 0.356 e. The molecule has 0 radical (unpaired) electrons. The van der Waals surface area contributed by atoms with Gasteiger partial charge in [-0.3, -0.25) is 4.90 Å². The van der Waals surface area contributed by atoms with Crippen LogP contribution in [0.25, 0.3) is 0 Å². The fraction of sp³-hybridized carbons (Fsp3) is 0.571. The van der Waals surface area contributed by atoms with Crippen LogP contribution < -0.4 is 5.32 Å².